The molecule has 0 aliphatic rings. The third kappa shape index (κ3) is 5.09. The van der Waals surface area contributed by atoms with Crippen LogP contribution in [0.5, 0.6) is 0 Å². The molecule has 0 spiro atoms. The van der Waals surface area contributed by atoms with Crippen LogP contribution in [0.15, 0.2) is 41.6 Å². The SMILES string of the molecule is CNCC(C)NS(=O)(=O)c1ccc2cnccc2c1.Cl.Cl. The first kappa shape index (κ1) is 20.1. The van der Waals surface area contributed by atoms with Crippen molar-refractivity contribution >= 4 is 45.6 Å². The van der Waals surface area contributed by atoms with Crippen LogP contribution in [0, 0.1) is 0 Å². The highest BCUT2D eigenvalue weighted by molar-refractivity contribution is 7.89. The van der Waals surface area contributed by atoms with Gasteiger partial charge in [-0.3, -0.25) is 4.98 Å². The molecule has 2 rings (SSSR count). The molecule has 118 valence electrons. The van der Waals surface area contributed by atoms with Gasteiger partial charge in [-0.15, -0.1) is 24.8 Å². The van der Waals surface area contributed by atoms with Gasteiger partial charge in [0.1, 0.15) is 0 Å². The number of sulfonamides is 1. The molecule has 1 unspecified atom stereocenters. The molecule has 0 aliphatic carbocycles. The first-order valence-electron chi connectivity index (χ1n) is 6.03. The topological polar surface area (TPSA) is 71.1 Å². The van der Waals surface area contributed by atoms with Gasteiger partial charge in [0.2, 0.25) is 10.0 Å². The van der Waals surface area contributed by atoms with Gasteiger partial charge in [-0.2, -0.15) is 0 Å². The molecule has 8 heteroatoms. The number of nitrogens with one attached hydrogen (secondary N) is 2. The van der Waals surface area contributed by atoms with Crippen LogP contribution in [-0.2, 0) is 10.0 Å². The Labute approximate surface area is 137 Å². The Kier molecular flexibility index (Phi) is 8.13. The Hall–Kier alpha value is -0.920. The maximum atomic E-state index is 12.2. The summed E-state index contributed by atoms with van der Waals surface area (Å²) in [6.07, 6.45) is 3.36. The quantitative estimate of drug-likeness (QED) is 0.863. The standard InChI is InChI=1S/C13H17N3O2S.2ClH/c1-10(8-14-2)16-19(17,18)13-4-3-12-9-15-6-5-11(12)7-13;;/h3-7,9-10,14,16H,8H2,1-2H3;2*1H. The molecule has 0 bridgehead atoms. The number of fused-ring (bicyclic) bond motifs is 1. The van der Waals surface area contributed by atoms with Crippen molar-refractivity contribution < 1.29 is 8.42 Å². The van der Waals surface area contributed by atoms with Crippen LogP contribution in [0.3, 0.4) is 0 Å². The first-order valence-corrected chi connectivity index (χ1v) is 7.52. The van der Waals surface area contributed by atoms with Gasteiger partial charge < -0.3 is 5.32 Å². The van der Waals surface area contributed by atoms with E-state index >= 15 is 0 Å². The van der Waals surface area contributed by atoms with E-state index < -0.39 is 10.0 Å². The fraction of sp³-hybridized carbons (Fsp3) is 0.308. The molecule has 5 nitrogen and oxygen atoms in total. The maximum Gasteiger partial charge on any atom is 0.240 e. The van der Waals surface area contributed by atoms with E-state index in [1.54, 1.807) is 43.7 Å². The molecule has 0 fully saturated rings. The Morgan fingerprint density at radius 1 is 1.19 bits per heavy atom. The van der Waals surface area contributed by atoms with Crippen LogP contribution in [0.4, 0.5) is 0 Å². The number of rotatable bonds is 5. The van der Waals surface area contributed by atoms with Crippen molar-refractivity contribution in [3.63, 3.8) is 0 Å². The van der Waals surface area contributed by atoms with E-state index in [4.69, 9.17) is 0 Å². The summed E-state index contributed by atoms with van der Waals surface area (Å²) in [4.78, 5) is 4.28. The Balaban J connectivity index is 0.00000200. The van der Waals surface area contributed by atoms with E-state index in [1.807, 2.05) is 6.92 Å². The van der Waals surface area contributed by atoms with Crippen LogP contribution in [-0.4, -0.2) is 33.0 Å². The summed E-state index contributed by atoms with van der Waals surface area (Å²) < 4.78 is 27.0. The Morgan fingerprint density at radius 3 is 2.57 bits per heavy atom. The minimum atomic E-state index is -3.48. The lowest BCUT2D eigenvalue weighted by atomic mass is 10.2. The molecule has 1 atom stereocenters. The molecule has 1 aromatic heterocycles. The van der Waals surface area contributed by atoms with Gasteiger partial charge in [0.05, 0.1) is 4.90 Å². The second kappa shape index (κ2) is 8.51. The number of hydrogen-bond donors (Lipinski definition) is 2. The van der Waals surface area contributed by atoms with E-state index in [0.717, 1.165) is 10.8 Å². The third-order valence-electron chi connectivity index (χ3n) is 2.79. The number of halogens is 2. The number of benzene rings is 1. The Bertz CT molecular complexity index is 680. The van der Waals surface area contributed by atoms with Gasteiger partial charge in [0.15, 0.2) is 0 Å². The Morgan fingerprint density at radius 2 is 1.90 bits per heavy atom. The molecular weight excluding hydrogens is 333 g/mol. The van der Waals surface area contributed by atoms with Crippen molar-refractivity contribution in [2.24, 2.45) is 0 Å². The molecule has 2 N–H and O–H groups in total. The first-order chi connectivity index (χ1) is 9.03. The highest BCUT2D eigenvalue weighted by atomic mass is 35.5. The van der Waals surface area contributed by atoms with E-state index in [0.29, 0.717) is 6.54 Å². The fourth-order valence-corrected chi connectivity index (χ4v) is 3.19. The van der Waals surface area contributed by atoms with Crippen LogP contribution >= 0.6 is 24.8 Å². The van der Waals surface area contributed by atoms with Gasteiger partial charge in [-0.25, -0.2) is 13.1 Å². The molecule has 0 amide bonds. The molecule has 0 aliphatic heterocycles. The van der Waals surface area contributed by atoms with Crippen molar-refractivity contribution in [1.29, 1.82) is 0 Å². The number of aromatic nitrogens is 1. The number of hydrogen-bond acceptors (Lipinski definition) is 4. The summed E-state index contributed by atoms with van der Waals surface area (Å²) in [6, 6.07) is 6.65. The number of pyridine rings is 1. The molecule has 0 saturated heterocycles. The normalized spacial score (nSPS) is 12.3. The molecule has 0 radical (unpaired) electrons. The lowest BCUT2D eigenvalue weighted by Gasteiger charge is -2.14. The smallest absolute Gasteiger partial charge is 0.240 e. The van der Waals surface area contributed by atoms with E-state index in [2.05, 4.69) is 15.0 Å². The van der Waals surface area contributed by atoms with E-state index in [1.165, 1.54) is 0 Å². The third-order valence-corrected chi connectivity index (χ3v) is 4.38. The maximum absolute atomic E-state index is 12.2. The molecule has 0 saturated carbocycles. The zero-order valence-electron chi connectivity index (χ0n) is 11.7. The summed E-state index contributed by atoms with van der Waals surface area (Å²) in [5, 5.41) is 4.72. The van der Waals surface area contributed by atoms with Crippen molar-refractivity contribution in [1.82, 2.24) is 15.0 Å². The fourth-order valence-electron chi connectivity index (χ4n) is 1.91. The zero-order valence-corrected chi connectivity index (χ0v) is 14.2. The van der Waals surface area contributed by atoms with Gasteiger partial charge >= 0.3 is 0 Å². The summed E-state index contributed by atoms with van der Waals surface area (Å²) in [5.41, 5.74) is 0. The lowest BCUT2D eigenvalue weighted by Crippen LogP contribution is -2.38. The number of nitrogens with zero attached hydrogens (tertiary/aromatic N) is 1. The molecule has 1 heterocycles. The summed E-state index contributed by atoms with van der Waals surface area (Å²) in [6.45, 7) is 2.40. The van der Waals surface area contributed by atoms with Gasteiger partial charge in [-0.05, 0) is 37.6 Å². The molecule has 2 aromatic rings. The average molecular weight is 352 g/mol. The predicted octanol–water partition coefficient (Wildman–Crippen LogP) is 1.96. The summed E-state index contributed by atoms with van der Waals surface area (Å²) in [5.74, 6) is 0. The van der Waals surface area contributed by atoms with Crippen molar-refractivity contribution in [2.45, 2.75) is 17.9 Å². The predicted molar refractivity (Wildman–Crippen MR) is 89.9 cm³/mol. The second-order valence-electron chi connectivity index (χ2n) is 4.46. The molecule has 1 aromatic carbocycles. The second-order valence-corrected chi connectivity index (χ2v) is 6.18. The van der Waals surface area contributed by atoms with Crippen molar-refractivity contribution in [3.05, 3.63) is 36.7 Å². The lowest BCUT2D eigenvalue weighted by molar-refractivity contribution is 0.550. The molecular formula is C13H19Cl2N3O2S. The van der Waals surface area contributed by atoms with Gasteiger partial charge in [-0.1, -0.05) is 6.07 Å². The van der Waals surface area contributed by atoms with Crippen molar-refractivity contribution in [3.8, 4) is 0 Å². The summed E-state index contributed by atoms with van der Waals surface area (Å²) >= 11 is 0. The number of likely N-dealkylation sites (N-methyl/N-ethyl adjacent to an activating group) is 1. The van der Waals surface area contributed by atoms with E-state index in [9.17, 15) is 8.42 Å². The highest BCUT2D eigenvalue weighted by Crippen LogP contribution is 2.18. The van der Waals surface area contributed by atoms with Gasteiger partial charge in [0, 0.05) is 30.4 Å². The summed E-state index contributed by atoms with van der Waals surface area (Å²) in [7, 11) is -1.70. The monoisotopic (exact) mass is 351 g/mol. The highest BCUT2D eigenvalue weighted by Gasteiger charge is 2.17. The van der Waals surface area contributed by atoms with Gasteiger partial charge in [0.25, 0.3) is 0 Å². The minimum absolute atomic E-state index is 0. The van der Waals surface area contributed by atoms with E-state index in [-0.39, 0.29) is 35.8 Å². The van der Waals surface area contributed by atoms with Crippen LogP contribution in [0.25, 0.3) is 10.8 Å². The average Bonchev–Trinajstić information content (AvgIpc) is 2.37. The largest absolute Gasteiger partial charge is 0.318 e. The molecule has 21 heavy (non-hydrogen) atoms. The van der Waals surface area contributed by atoms with Crippen LogP contribution < -0.4 is 10.0 Å². The van der Waals surface area contributed by atoms with Crippen molar-refractivity contribution in [2.75, 3.05) is 13.6 Å². The minimum Gasteiger partial charge on any atom is -0.318 e. The van der Waals surface area contributed by atoms with Crippen LogP contribution in [0.2, 0.25) is 0 Å². The van der Waals surface area contributed by atoms with Crippen LogP contribution in [0.1, 0.15) is 6.92 Å². The zero-order chi connectivity index (χ0) is 13.9.